The van der Waals surface area contributed by atoms with Gasteiger partial charge in [0.15, 0.2) is 6.10 Å². The molecule has 0 aromatic heterocycles. The summed E-state index contributed by atoms with van der Waals surface area (Å²) in [4.78, 5) is 14.3. The summed E-state index contributed by atoms with van der Waals surface area (Å²) >= 11 is 0. The third-order valence-corrected chi connectivity index (χ3v) is 3.61. The van der Waals surface area contributed by atoms with E-state index in [9.17, 15) is 9.90 Å². The highest BCUT2D eigenvalue weighted by Gasteiger charge is 2.33. The molecule has 1 aromatic rings. The molecule has 1 atom stereocenters. The molecule has 0 saturated heterocycles. The number of benzene rings is 1. The first-order valence-electron chi connectivity index (χ1n) is 7.28. The van der Waals surface area contributed by atoms with Crippen LogP contribution in [-0.4, -0.2) is 23.7 Å². The van der Waals surface area contributed by atoms with Crippen LogP contribution in [0.25, 0.3) is 0 Å². The Kier molecular flexibility index (Phi) is 4.65. The number of nitrogens with zero attached hydrogens (tertiary/aromatic N) is 1. The number of fused-ring (bicyclic) bond motifs is 1. The van der Waals surface area contributed by atoms with Crippen LogP contribution in [0.5, 0.6) is 5.75 Å². The number of hydrogen-bond acceptors (Lipinski definition) is 3. The Labute approximate surface area is 120 Å². The van der Waals surface area contributed by atoms with Gasteiger partial charge in [-0.1, -0.05) is 26.8 Å². The van der Waals surface area contributed by atoms with Gasteiger partial charge in [-0.05, 0) is 36.5 Å². The monoisotopic (exact) mass is 277 g/mol. The second-order valence-electron chi connectivity index (χ2n) is 5.65. The summed E-state index contributed by atoms with van der Waals surface area (Å²) < 4.78 is 5.76. The van der Waals surface area contributed by atoms with Crippen LogP contribution in [-0.2, 0) is 11.4 Å². The van der Waals surface area contributed by atoms with E-state index in [2.05, 4.69) is 13.8 Å². The van der Waals surface area contributed by atoms with Gasteiger partial charge >= 0.3 is 0 Å². The predicted molar refractivity (Wildman–Crippen MR) is 78.9 cm³/mol. The summed E-state index contributed by atoms with van der Waals surface area (Å²) in [5.74, 6) is 1.29. The highest BCUT2D eigenvalue weighted by atomic mass is 16.5. The number of carbonyl (C=O) groups excluding carboxylic acids is 1. The molecule has 0 fully saturated rings. The van der Waals surface area contributed by atoms with Crippen LogP contribution in [0.3, 0.4) is 0 Å². The van der Waals surface area contributed by atoms with Crippen LogP contribution in [0.4, 0.5) is 5.69 Å². The number of amides is 1. The van der Waals surface area contributed by atoms with Crippen LogP contribution < -0.4 is 9.64 Å². The topological polar surface area (TPSA) is 49.8 Å². The van der Waals surface area contributed by atoms with Gasteiger partial charge in [-0.25, -0.2) is 0 Å². The minimum atomic E-state index is -0.394. The van der Waals surface area contributed by atoms with Crippen molar-refractivity contribution in [1.29, 1.82) is 0 Å². The van der Waals surface area contributed by atoms with Gasteiger partial charge < -0.3 is 14.7 Å². The van der Waals surface area contributed by atoms with E-state index in [4.69, 9.17) is 4.74 Å². The Morgan fingerprint density at radius 1 is 1.40 bits per heavy atom. The molecule has 1 amide bonds. The summed E-state index contributed by atoms with van der Waals surface area (Å²) in [6.07, 6.45) is 1.22. The van der Waals surface area contributed by atoms with E-state index in [-0.39, 0.29) is 12.5 Å². The molecule has 0 aliphatic carbocycles. The first kappa shape index (κ1) is 14.9. The van der Waals surface area contributed by atoms with E-state index in [1.165, 1.54) is 0 Å². The van der Waals surface area contributed by atoms with E-state index in [0.29, 0.717) is 18.9 Å². The summed E-state index contributed by atoms with van der Waals surface area (Å²) in [7, 11) is 0. The van der Waals surface area contributed by atoms with Gasteiger partial charge in [-0.15, -0.1) is 0 Å². The third kappa shape index (κ3) is 2.96. The Morgan fingerprint density at radius 3 is 2.75 bits per heavy atom. The Bertz CT molecular complexity index is 485. The average molecular weight is 277 g/mol. The first-order chi connectivity index (χ1) is 9.56. The summed E-state index contributed by atoms with van der Waals surface area (Å²) in [6.45, 7) is 6.91. The van der Waals surface area contributed by atoms with Crippen LogP contribution in [0.15, 0.2) is 18.2 Å². The lowest BCUT2D eigenvalue weighted by molar-refractivity contribution is -0.126. The number of aliphatic hydroxyl groups excluding tert-OH is 1. The maximum absolute atomic E-state index is 12.5. The van der Waals surface area contributed by atoms with Crippen molar-refractivity contribution in [2.45, 2.75) is 46.3 Å². The van der Waals surface area contributed by atoms with Gasteiger partial charge in [0.25, 0.3) is 5.91 Å². The maximum Gasteiger partial charge on any atom is 0.268 e. The third-order valence-electron chi connectivity index (χ3n) is 3.61. The molecule has 20 heavy (non-hydrogen) atoms. The highest BCUT2D eigenvalue weighted by Crippen LogP contribution is 2.36. The second kappa shape index (κ2) is 6.27. The van der Waals surface area contributed by atoms with E-state index in [1.807, 2.05) is 30.0 Å². The Balaban J connectivity index is 2.34. The highest BCUT2D eigenvalue weighted by molar-refractivity contribution is 6.00. The molecule has 1 unspecified atom stereocenters. The van der Waals surface area contributed by atoms with Crippen molar-refractivity contribution < 1.29 is 14.6 Å². The van der Waals surface area contributed by atoms with Crippen molar-refractivity contribution in [1.82, 2.24) is 0 Å². The van der Waals surface area contributed by atoms with E-state index in [0.717, 1.165) is 23.4 Å². The normalized spacial score (nSPS) is 18.1. The van der Waals surface area contributed by atoms with Crippen molar-refractivity contribution in [3.63, 3.8) is 0 Å². The second-order valence-corrected chi connectivity index (χ2v) is 5.65. The molecule has 1 aliphatic heterocycles. The van der Waals surface area contributed by atoms with Gasteiger partial charge in [0, 0.05) is 6.54 Å². The maximum atomic E-state index is 12.5. The zero-order chi connectivity index (χ0) is 14.7. The van der Waals surface area contributed by atoms with Gasteiger partial charge in [-0.3, -0.25) is 4.79 Å². The molecule has 1 aliphatic rings. The average Bonchev–Trinajstić information content (AvgIpc) is 2.44. The predicted octanol–water partition coefficient (Wildman–Crippen LogP) is 2.73. The fourth-order valence-electron chi connectivity index (χ4n) is 2.34. The molecule has 1 N–H and O–H groups in total. The van der Waals surface area contributed by atoms with Gasteiger partial charge in [-0.2, -0.15) is 0 Å². The minimum Gasteiger partial charge on any atom is -0.478 e. The van der Waals surface area contributed by atoms with Crippen molar-refractivity contribution in [3.05, 3.63) is 23.8 Å². The van der Waals surface area contributed by atoms with Crippen molar-refractivity contribution in [2.24, 2.45) is 5.92 Å². The minimum absolute atomic E-state index is 0.0238. The molecule has 1 heterocycles. The van der Waals surface area contributed by atoms with Gasteiger partial charge in [0.05, 0.1) is 12.3 Å². The van der Waals surface area contributed by atoms with Crippen LogP contribution in [0, 0.1) is 5.92 Å². The number of hydrogen-bond donors (Lipinski definition) is 1. The molecule has 110 valence electrons. The standard InChI is InChI=1S/C16H23NO3/c1-4-14-16(19)17(8-7-11(2)3)13-9-12(10-18)5-6-15(13)20-14/h5-6,9,11,14,18H,4,7-8,10H2,1-3H3. The van der Waals surface area contributed by atoms with E-state index < -0.39 is 6.10 Å². The molecular formula is C16H23NO3. The van der Waals surface area contributed by atoms with Gasteiger partial charge in [0.2, 0.25) is 0 Å². The summed E-state index contributed by atoms with van der Waals surface area (Å²) in [5.41, 5.74) is 1.58. The van der Waals surface area contributed by atoms with Crippen molar-refractivity contribution >= 4 is 11.6 Å². The lowest BCUT2D eigenvalue weighted by Crippen LogP contribution is -2.46. The number of carbonyl (C=O) groups is 1. The summed E-state index contributed by atoms with van der Waals surface area (Å²) in [6, 6.07) is 5.53. The lowest BCUT2D eigenvalue weighted by atomic mass is 10.1. The van der Waals surface area contributed by atoms with Crippen LogP contribution >= 0.6 is 0 Å². The molecule has 4 heteroatoms. The number of ether oxygens (including phenoxy) is 1. The Morgan fingerprint density at radius 2 is 2.15 bits per heavy atom. The van der Waals surface area contributed by atoms with Crippen molar-refractivity contribution in [3.8, 4) is 5.75 Å². The summed E-state index contributed by atoms with van der Waals surface area (Å²) in [5, 5.41) is 9.26. The van der Waals surface area contributed by atoms with Crippen LogP contribution in [0.2, 0.25) is 0 Å². The number of rotatable bonds is 5. The molecule has 1 aromatic carbocycles. The van der Waals surface area contributed by atoms with E-state index in [1.54, 1.807) is 0 Å². The van der Waals surface area contributed by atoms with Crippen LogP contribution in [0.1, 0.15) is 39.2 Å². The number of aliphatic hydroxyl groups is 1. The molecule has 0 radical (unpaired) electrons. The molecule has 0 spiro atoms. The number of anilines is 1. The molecule has 2 rings (SSSR count). The first-order valence-corrected chi connectivity index (χ1v) is 7.28. The largest absolute Gasteiger partial charge is 0.478 e. The molecule has 4 nitrogen and oxygen atoms in total. The molecule has 0 saturated carbocycles. The lowest BCUT2D eigenvalue weighted by Gasteiger charge is -2.34. The zero-order valence-corrected chi connectivity index (χ0v) is 12.4. The Hall–Kier alpha value is -1.55. The fourth-order valence-corrected chi connectivity index (χ4v) is 2.34. The van der Waals surface area contributed by atoms with Gasteiger partial charge in [0.1, 0.15) is 5.75 Å². The molecular weight excluding hydrogens is 254 g/mol. The molecule has 0 bridgehead atoms. The SMILES string of the molecule is CCC1Oc2ccc(CO)cc2N(CCC(C)C)C1=O. The zero-order valence-electron chi connectivity index (χ0n) is 12.4. The van der Waals surface area contributed by atoms with Crippen molar-refractivity contribution in [2.75, 3.05) is 11.4 Å². The van der Waals surface area contributed by atoms with E-state index >= 15 is 0 Å². The smallest absolute Gasteiger partial charge is 0.268 e. The quantitative estimate of drug-likeness (QED) is 0.900. The fraction of sp³-hybridized carbons (Fsp3) is 0.562.